The maximum absolute atomic E-state index is 12.1. The normalized spacial score (nSPS) is 14.4. The molecule has 19 heavy (non-hydrogen) atoms. The second-order valence-electron chi connectivity index (χ2n) is 5.49. The van der Waals surface area contributed by atoms with Crippen LogP contribution in [0.15, 0.2) is 17.5 Å². The van der Waals surface area contributed by atoms with Crippen LogP contribution >= 0.6 is 11.3 Å². The number of nitrogens with one attached hydrogen (secondary N) is 1. The third-order valence-electron chi connectivity index (χ3n) is 3.27. The molecule has 2 atom stereocenters. The molecular weight excluding hydrogens is 258 g/mol. The molecular formula is C15H25NO2S. The highest BCUT2D eigenvalue weighted by Gasteiger charge is 2.18. The molecule has 0 aliphatic heterocycles. The van der Waals surface area contributed by atoms with Gasteiger partial charge in [-0.05, 0) is 43.0 Å². The third kappa shape index (κ3) is 5.74. The van der Waals surface area contributed by atoms with Crippen molar-refractivity contribution >= 4 is 17.2 Å². The summed E-state index contributed by atoms with van der Waals surface area (Å²) >= 11 is 1.61. The lowest BCUT2D eigenvalue weighted by atomic mass is 9.94. The zero-order chi connectivity index (χ0) is 14.3. The fraction of sp³-hybridized carbons (Fsp3) is 0.667. The Balaban J connectivity index is 2.42. The van der Waals surface area contributed by atoms with Gasteiger partial charge in [0.15, 0.2) is 0 Å². The zero-order valence-electron chi connectivity index (χ0n) is 12.1. The van der Waals surface area contributed by atoms with Crippen LogP contribution in [0.5, 0.6) is 0 Å². The largest absolute Gasteiger partial charge is 0.396 e. The SMILES string of the molecule is CC(C)CC(CCO)CNC(=O)C(C)c1cccs1. The first kappa shape index (κ1) is 16.2. The predicted molar refractivity (Wildman–Crippen MR) is 80.4 cm³/mol. The van der Waals surface area contributed by atoms with Crippen molar-refractivity contribution in [2.45, 2.75) is 39.5 Å². The molecule has 4 heteroatoms. The minimum atomic E-state index is -0.0890. The molecule has 1 aromatic heterocycles. The Kier molecular flexibility index (Phi) is 7.10. The van der Waals surface area contributed by atoms with Crippen molar-refractivity contribution in [2.24, 2.45) is 11.8 Å². The van der Waals surface area contributed by atoms with Crippen LogP contribution in [0.1, 0.15) is 44.4 Å². The first-order valence-corrected chi connectivity index (χ1v) is 7.84. The molecule has 0 aliphatic carbocycles. The van der Waals surface area contributed by atoms with Crippen LogP contribution in [0.2, 0.25) is 0 Å². The van der Waals surface area contributed by atoms with Crippen molar-refractivity contribution in [3.63, 3.8) is 0 Å². The summed E-state index contributed by atoms with van der Waals surface area (Å²) in [5, 5.41) is 14.1. The van der Waals surface area contributed by atoms with Gasteiger partial charge in [-0.2, -0.15) is 0 Å². The van der Waals surface area contributed by atoms with Gasteiger partial charge in [0.25, 0.3) is 0 Å². The fourth-order valence-corrected chi connectivity index (χ4v) is 3.00. The Morgan fingerprint density at radius 2 is 2.16 bits per heavy atom. The quantitative estimate of drug-likeness (QED) is 0.770. The number of rotatable bonds is 8. The van der Waals surface area contributed by atoms with Gasteiger partial charge in [-0.1, -0.05) is 19.9 Å². The molecule has 0 spiro atoms. The van der Waals surface area contributed by atoms with Crippen molar-refractivity contribution in [3.05, 3.63) is 22.4 Å². The van der Waals surface area contributed by atoms with E-state index in [1.165, 1.54) is 0 Å². The van der Waals surface area contributed by atoms with Crippen LogP contribution in [0.25, 0.3) is 0 Å². The molecule has 0 saturated heterocycles. The van der Waals surface area contributed by atoms with Gasteiger partial charge < -0.3 is 10.4 Å². The number of carbonyl (C=O) groups is 1. The molecule has 2 unspecified atom stereocenters. The van der Waals surface area contributed by atoms with E-state index in [9.17, 15) is 4.79 Å². The van der Waals surface area contributed by atoms with E-state index in [4.69, 9.17) is 5.11 Å². The molecule has 3 nitrogen and oxygen atoms in total. The van der Waals surface area contributed by atoms with Gasteiger partial charge in [0.05, 0.1) is 5.92 Å². The molecule has 0 saturated carbocycles. The molecule has 0 bridgehead atoms. The maximum atomic E-state index is 12.1. The Morgan fingerprint density at radius 1 is 1.42 bits per heavy atom. The summed E-state index contributed by atoms with van der Waals surface area (Å²) in [6.45, 7) is 7.12. The first-order chi connectivity index (χ1) is 9.04. The summed E-state index contributed by atoms with van der Waals surface area (Å²) in [5.41, 5.74) is 0. The van der Waals surface area contributed by atoms with Gasteiger partial charge in [0.1, 0.15) is 0 Å². The summed E-state index contributed by atoms with van der Waals surface area (Å²) in [5.74, 6) is 0.940. The Hall–Kier alpha value is -0.870. The molecule has 1 amide bonds. The molecule has 108 valence electrons. The average molecular weight is 283 g/mol. The number of thiophene rings is 1. The topological polar surface area (TPSA) is 49.3 Å². The lowest BCUT2D eigenvalue weighted by Gasteiger charge is -2.19. The van der Waals surface area contributed by atoms with E-state index in [1.54, 1.807) is 11.3 Å². The zero-order valence-corrected chi connectivity index (χ0v) is 12.9. The van der Waals surface area contributed by atoms with Crippen molar-refractivity contribution < 1.29 is 9.90 Å². The van der Waals surface area contributed by atoms with Crippen molar-refractivity contribution in [1.29, 1.82) is 0 Å². The second kappa shape index (κ2) is 8.33. The smallest absolute Gasteiger partial charge is 0.228 e. The van der Waals surface area contributed by atoms with E-state index in [-0.39, 0.29) is 18.4 Å². The lowest BCUT2D eigenvalue weighted by molar-refractivity contribution is -0.122. The summed E-state index contributed by atoms with van der Waals surface area (Å²) in [6, 6.07) is 3.96. The monoisotopic (exact) mass is 283 g/mol. The number of amides is 1. The van der Waals surface area contributed by atoms with E-state index in [0.29, 0.717) is 18.4 Å². The molecule has 1 heterocycles. The van der Waals surface area contributed by atoms with Crippen molar-refractivity contribution in [1.82, 2.24) is 5.32 Å². The minimum Gasteiger partial charge on any atom is -0.396 e. The van der Waals surface area contributed by atoms with E-state index in [0.717, 1.165) is 17.7 Å². The van der Waals surface area contributed by atoms with Crippen LogP contribution in [0, 0.1) is 11.8 Å². The standard InChI is InChI=1S/C15H25NO2S/c1-11(2)9-13(6-7-17)10-16-15(18)12(3)14-5-4-8-19-14/h4-5,8,11-13,17H,6-7,9-10H2,1-3H3,(H,16,18). The second-order valence-corrected chi connectivity index (χ2v) is 6.47. The number of aliphatic hydroxyl groups is 1. The highest BCUT2D eigenvalue weighted by atomic mass is 32.1. The van der Waals surface area contributed by atoms with E-state index >= 15 is 0 Å². The van der Waals surface area contributed by atoms with E-state index in [2.05, 4.69) is 19.2 Å². The predicted octanol–water partition coefficient (Wildman–Crippen LogP) is 3.01. The Bertz CT molecular complexity index is 362. The lowest BCUT2D eigenvalue weighted by Crippen LogP contribution is -2.33. The van der Waals surface area contributed by atoms with Crippen LogP contribution in [0.4, 0.5) is 0 Å². The molecule has 1 aromatic rings. The summed E-state index contributed by atoms with van der Waals surface area (Å²) < 4.78 is 0. The molecule has 1 rings (SSSR count). The molecule has 0 radical (unpaired) electrons. The Labute approximate surface area is 120 Å². The molecule has 2 N–H and O–H groups in total. The van der Waals surface area contributed by atoms with E-state index in [1.807, 2.05) is 24.4 Å². The van der Waals surface area contributed by atoms with Gasteiger partial charge in [-0.3, -0.25) is 4.79 Å². The van der Waals surface area contributed by atoms with Crippen LogP contribution < -0.4 is 5.32 Å². The maximum Gasteiger partial charge on any atom is 0.228 e. The third-order valence-corrected chi connectivity index (χ3v) is 4.33. The van der Waals surface area contributed by atoms with Crippen LogP contribution in [-0.4, -0.2) is 24.2 Å². The first-order valence-electron chi connectivity index (χ1n) is 6.96. The Morgan fingerprint density at radius 3 is 2.68 bits per heavy atom. The number of hydrogen-bond acceptors (Lipinski definition) is 3. The van der Waals surface area contributed by atoms with Gasteiger partial charge in [0.2, 0.25) is 5.91 Å². The van der Waals surface area contributed by atoms with Gasteiger partial charge in [0, 0.05) is 18.0 Å². The summed E-state index contributed by atoms with van der Waals surface area (Å²) in [4.78, 5) is 13.2. The molecule has 0 aromatic carbocycles. The molecule has 0 aliphatic rings. The molecule has 0 fully saturated rings. The number of hydrogen-bond donors (Lipinski definition) is 2. The van der Waals surface area contributed by atoms with Crippen LogP contribution in [0.3, 0.4) is 0 Å². The summed E-state index contributed by atoms with van der Waals surface area (Å²) in [6.07, 6.45) is 1.79. The minimum absolute atomic E-state index is 0.0779. The van der Waals surface area contributed by atoms with Crippen molar-refractivity contribution in [3.8, 4) is 0 Å². The highest BCUT2D eigenvalue weighted by molar-refractivity contribution is 7.10. The fourth-order valence-electron chi connectivity index (χ4n) is 2.22. The summed E-state index contributed by atoms with van der Waals surface area (Å²) in [7, 11) is 0. The number of aliphatic hydroxyl groups excluding tert-OH is 1. The highest BCUT2D eigenvalue weighted by Crippen LogP contribution is 2.21. The van der Waals surface area contributed by atoms with Gasteiger partial charge >= 0.3 is 0 Å². The van der Waals surface area contributed by atoms with Crippen molar-refractivity contribution in [2.75, 3.05) is 13.2 Å². The average Bonchev–Trinajstić information content (AvgIpc) is 2.88. The van der Waals surface area contributed by atoms with Gasteiger partial charge in [-0.15, -0.1) is 11.3 Å². The van der Waals surface area contributed by atoms with Crippen LogP contribution in [-0.2, 0) is 4.79 Å². The van der Waals surface area contributed by atoms with Gasteiger partial charge in [-0.25, -0.2) is 0 Å². The number of carbonyl (C=O) groups excluding carboxylic acids is 1. The van der Waals surface area contributed by atoms with E-state index < -0.39 is 0 Å².